The number of benzene rings is 1. The SMILES string of the molecule is C=CC(=O)OCCc1ccccc1C(C)(C)N.Cl. The lowest BCUT2D eigenvalue weighted by Gasteiger charge is -2.22. The summed E-state index contributed by atoms with van der Waals surface area (Å²) >= 11 is 0. The Kier molecular flexibility index (Phi) is 6.66. The van der Waals surface area contributed by atoms with E-state index < -0.39 is 5.97 Å². The molecule has 0 saturated heterocycles. The van der Waals surface area contributed by atoms with Crippen molar-refractivity contribution in [2.75, 3.05) is 6.61 Å². The summed E-state index contributed by atoms with van der Waals surface area (Å²) in [6.07, 6.45) is 1.83. The van der Waals surface area contributed by atoms with Crippen molar-refractivity contribution < 1.29 is 9.53 Å². The molecule has 0 aliphatic carbocycles. The predicted octanol–water partition coefficient (Wildman–Crippen LogP) is 2.57. The molecule has 18 heavy (non-hydrogen) atoms. The fourth-order valence-electron chi connectivity index (χ4n) is 1.69. The summed E-state index contributed by atoms with van der Waals surface area (Å²) in [5.74, 6) is -0.394. The van der Waals surface area contributed by atoms with E-state index in [9.17, 15) is 4.79 Å². The summed E-state index contributed by atoms with van der Waals surface area (Å²) in [5, 5.41) is 0. The lowest BCUT2D eigenvalue weighted by atomic mass is 9.90. The van der Waals surface area contributed by atoms with E-state index in [0.717, 1.165) is 11.1 Å². The molecule has 0 fully saturated rings. The van der Waals surface area contributed by atoms with Crippen LogP contribution in [0.3, 0.4) is 0 Å². The fraction of sp³-hybridized carbons (Fsp3) is 0.357. The number of rotatable bonds is 5. The van der Waals surface area contributed by atoms with Crippen molar-refractivity contribution in [1.82, 2.24) is 0 Å². The van der Waals surface area contributed by atoms with Crippen molar-refractivity contribution >= 4 is 18.4 Å². The van der Waals surface area contributed by atoms with E-state index in [-0.39, 0.29) is 17.9 Å². The molecule has 3 nitrogen and oxygen atoms in total. The first kappa shape index (κ1) is 16.7. The largest absolute Gasteiger partial charge is 0.462 e. The van der Waals surface area contributed by atoms with Crippen LogP contribution in [0.4, 0.5) is 0 Å². The molecule has 0 saturated carbocycles. The van der Waals surface area contributed by atoms with E-state index >= 15 is 0 Å². The van der Waals surface area contributed by atoms with Crippen LogP contribution in [0, 0.1) is 0 Å². The molecule has 4 heteroatoms. The first-order valence-corrected chi connectivity index (χ1v) is 5.61. The quantitative estimate of drug-likeness (QED) is 0.660. The molecule has 0 amide bonds. The van der Waals surface area contributed by atoms with Crippen LogP contribution in [-0.4, -0.2) is 12.6 Å². The molecule has 2 N–H and O–H groups in total. The third-order valence-corrected chi connectivity index (χ3v) is 2.49. The number of hydrogen-bond donors (Lipinski definition) is 1. The molecule has 0 aliphatic rings. The standard InChI is InChI=1S/C14H19NO2.ClH/c1-4-13(16)17-10-9-11-7-5-6-8-12(11)14(2,3)15;/h4-8H,1,9-10,15H2,2-3H3;1H. The van der Waals surface area contributed by atoms with Gasteiger partial charge in [-0.05, 0) is 25.0 Å². The Morgan fingerprint density at radius 3 is 2.61 bits per heavy atom. The van der Waals surface area contributed by atoms with Gasteiger partial charge in [0.2, 0.25) is 0 Å². The van der Waals surface area contributed by atoms with Crippen LogP contribution in [-0.2, 0) is 21.5 Å². The third-order valence-electron chi connectivity index (χ3n) is 2.49. The fourth-order valence-corrected chi connectivity index (χ4v) is 1.69. The second kappa shape index (κ2) is 7.19. The Morgan fingerprint density at radius 2 is 2.06 bits per heavy atom. The maximum atomic E-state index is 10.9. The molecule has 1 aromatic carbocycles. The summed E-state index contributed by atoms with van der Waals surface area (Å²) < 4.78 is 4.96. The van der Waals surface area contributed by atoms with Crippen LogP contribution in [0.5, 0.6) is 0 Å². The highest BCUT2D eigenvalue weighted by molar-refractivity contribution is 5.85. The zero-order chi connectivity index (χ0) is 12.9. The zero-order valence-corrected chi connectivity index (χ0v) is 11.6. The van der Waals surface area contributed by atoms with Gasteiger partial charge in [0, 0.05) is 18.0 Å². The van der Waals surface area contributed by atoms with Crippen molar-refractivity contribution in [2.24, 2.45) is 5.73 Å². The third kappa shape index (κ3) is 4.90. The van der Waals surface area contributed by atoms with Gasteiger partial charge in [-0.2, -0.15) is 0 Å². The normalized spacial score (nSPS) is 10.4. The molecule has 0 bridgehead atoms. The molecular weight excluding hydrogens is 250 g/mol. The lowest BCUT2D eigenvalue weighted by Crippen LogP contribution is -2.30. The molecule has 100 valence electrons. The van der Waals surface area contributed by atoms with Crippen molar-refractivity contribution in [3.8, 4) is 0 Å². The average Bonchev–Trinajstić information content (AvgIpc) is 2.28. The summed E-state index contributed by atoms with van der Waals surface area (Å²) in [4.78, 5) is 10.9. The van der Waals surface area contributed by atoms with Gasteiger partial charge in [0.25, 0.3) is 0 Å². The molecular formula is C14H20ClNO2. The number of halogens is 1. The monoisotopic (exact) mass is 269 g/mol. The Bertz CT molecular complexity index is 411. The van der Waals surface area contributed by atoms with Crippen LogP contribution in [0.1, 0.15) is 25.0 Å². The van der Waals surface area contributed by atoms with Gasteiger partial charge in [0.05, 0.1) is 6.61 Å². The smallest absolute Gasteiger partial charge is 0.330 e. The van der Waals surface area contributed by atoms with E-state index in [0.29, 0.717) is 13.0 Å². The number of carbonyl (C=O) groups is 1. The maximum Gasteiger partial charge on any atom is 0.330 e. The van der Waals surface area contributed by atoms with E-state index in [1.54, 1.807) is 0 Å². The van der Waals surface area contributed by atoms with Gasteiger partial charge in [0.1, 0.15) is 0 Å². The first-order chi connectivity index (χ1) is 7.95. The summed E-state index contributed by atoms with van der Waals surface area (Å²) in [6, 6.07) is 7.93. The van der Waals surface area contributed by atoms with Gasteiger partial charge >= 0.3 is 5.97 Å². The molecule has 0 spiro atoms. The lowest BCUT2D eigenvalue weighted by molar-refractivity contribution is -0.137. The van der Waals surface area contributed by atoms with Gasteiger partial charge in [0.15, 0.2) is 0 Å². The number of hydrogen-bond acceptors (Lipinski definition) is 3. The Balaban J connectivity index is 0.00000289. The van der Waals surface area contributed by atoms with E-state index in [1.807, 2.05) is 38.1 Å². The topological polar surface area (TPSA) is 52.3 Å². The Labute approximate surface area is 114 Å². The van der Waals surface area contributed by atoms with Crippen LogP contribution < -0.4 is 5.73 Å². The van der Waals surface area contributed by atoms with Gasteiger partial charge in [-0.3, -0.25) is 0 Å². The van der Waals surface area contributed by atoms with E-state index in [1.165, 1.54) is 6.08 Å². The van der Waals surface area contributed by atoms with Gasteiger partial charge in [-0.1, -0.05) is 30.8 Å². The maximum absolute atomic E-state index is 10.9. The minimum Gasteiger partial charge on any atom is -0.462 e. The highest BCUT2D eigenvalue weighted by atomic mass is 35.5. The number of carbonyl (C=O) groups excluding carboxylic acids is 1. The Morgan fingerprint density at radius 1 is 1.44 bits per heavy atom. The minimum absolute atomic E-state index is 0. The molecule has 0 radical (unpaired) electrons. The average molecular weight is 270 g/mol. The zero-order valence-electron chi connectivity index (χ0n) is 10.8. The van der Waals surface area contributed by atoms with Gasteiger partial charge < -0.3 is 10.5 Å². The minimum atomic E-state index is -0.394. The summed E-state index contributed by atoms with van der Waals surface area (Å²) in [6.45, 7) is 7.61. The van der Waals surface area contributed by atoms with Crippen molar-refractivity contribution in [2.45, 2.75) is 25.8 Å². The van der Waals surface area contributed by atoms with Crippen LogP contribution in [0.15, 0.2) is 36.9 Å². The van der Waals surface area contributed by atoms with Crippen LogP contribution >= 0.6 is 12.4 Å². The number of ether oxygens (including phenoxy) is 1. The molecule has 0 unspecified atom stereocenters. The molecule has 0 atom stereocenters. The molecule has 0 heterocycles. The number of nitrogens with two attached hydrogens (primary N) is 1. The van der Waals surface area contributed by atoms with Crippen molar-refractivity contribution in [1.29, 1.82) is 0 Å². The summed E-state index contributed by atoms with van der Waals surface area (Å²) in [7, 11) is 0. The van der Waals surface area contributed by atoms with E-state index in [2.05, 4.69) is 6.58 Å². The van der Waals surface area contributed by atoms with Crippen molar-refractivity contribution in [3.05, 3.63) is 48.0 Å². The second-order valence-electron chi connectivity index (χ2n) is 4.50. The van der Waals surface area contributed by atoms with Crippen LogP contribution in [0.25, 0.3) is 0 Å². The van der Waals surface area contributed by atoms with Crippen molar-refractivity contribution in [3.63, 3.8) is 0 Å². The summed E-state index contributed by atoms with van der Waals surface area (Å²) in [5.41, 5.74) is 7.89. The highest BCUT2D eigenvalue weighted by Crippen LogP contribution is 2.21. The first-order valence-electron chi connectivity index (χ1n) is 5.61. The molecule has 0 aliphatic heterocycles. The molecule has 1 aromatic rings. The van der Waals surface area contributed by atoms with E-state index in [4.69, 9.17) is 10.5 Å². The number of esters is 1. The second-order valence-corrected chi connectivity index (χ2v) is 4.50. The Hall–Kier alpha value is -1.32. The molecule has 1 rings (SSSR count). The van der Waals surface area contributed by atoms with Crippen LogP contribution in [0.2, 0.25) is 0 Å². The van der Waals surface area contributed by atoms with Gasteiger partial charge in [-0.15, -0.1) is 12.4 Å². The molecule has 0 aromatic heterocycles. The highest BCUT2D eigenvalue weighted by Gasteiger charge is 2.17. The predicted molar refractivity (Wildman–Crippen MR) is 75.8 cm³/mol. The van der Waals surface area contributed by atoms with Gasteiger partial charge in [-0.25, -0.2) is 4.79 Å².